The van der Waals surface area contributed by atoms with Gasteiger partial charge in [0.2, 0.25) is 5.91 Å². The van der Waals surface area contributed by atoms with Crippen LogP contribution in [0.25, 0.3) is 0 Å². The second-order valence-corrected chi connectivity index (χ2v) is 12.3. The maximum Gasteiger partial charge on any atom is 0.407 e. The summed E-state index contributed by atoms with van der Waals surface area (Å²) >= 11 is 6.55. The lowest BCUT2D eigenvalue weighted by molar-refractivity contribution is -0.121. The highest BCUT2D eigenvalue weighted by Gasteiger charge is 2.52. The molecule has 5 rings (SSSR count). The Morgan fingerprint density at radius 2 is 1.82 bits per heavy atom. The van der Waals surface area contributed by atoms with Crippen molar-refractivity contribution < 1.29 is 14.7 Å². The first-order chi connectivity index (χ1) is 18.1. The summed E-state index contributed by atoms with van der Waals surface area (Å²) < 4.78 is 0. The Bertz CT molecular complexity index is 1200. The maximum atomic E-state index is 13.8. The molecule has 0 unspecified atom stereocenters. The molecule has 0 bridgehead atoms. The van der Waals surface area contributed by atoms with Gasteiger partial charge in [-0.15, -0.1) is 0 Å². The summed E-state index contributed by atoms with van der Waals surface area (Å²) in [7, 11) is 0. The molecule has 1 heterocycles. The van der Waals surface area contributed by atoms with Crippen molar-refractivity contribution in [3.05, 3.63) is 58.6 Å². The number of carboxylic acid groups (broad SMARTS) is 1. The number of carbonyl (C=O) groups is 2. The third-order valence-corrected chi connectivity index (χ3v) is 8.42. The molecule has 0 spiro atoms. The molecule has 0 saturated heterocycles. The summed E-state index contributed by atoms with van der Waals surface area (Å²) in [5.41, 5.74) is 3.31. The average molecular weight is 539 g/mol. The van der Waals surface area contributed by atoms with E-state index in [2.05, 4.69) is 34.5 Å². The molecule has 2 saturated carbocycles. The normalized spacial score (nSPS) is 18.2. The van der Waals surface area contributed by atoms with Crippen LogP contribution in [0.3, 0.4) is 0 Å². The summed E-state index contributed by atoms with van der Waals surface area (Å²) in [4.78, 5) is 31.4. The van der Waals surface area contributed by atoms with Crippen LogP contribution >= 0.6 is 11.6 Å². The molecule has 0 aromatic heterocycles. The number of anilines is 2. The molecule has 2 aromatic rings. The number of halogens is 1. The first-order valence-corrected chi connectivity index (χ1v) is 14.2. The number of nitrogens with one attached hydrogen (secondary N) is 1. The van der Waals surface area contributed by atoms with Crippen molar-refractivity contribution >= 4 is 35.0 Å². The van der Waals surface area contributed by atoms with Gasteiger partial charge in [-0.25, -0.2) is 4.79 Å². The molecular weight excluding hydrogens is 500 g/mol. The summed E-state index contributed by atoms with van der Waals surface area (Å²) in [6.45, 7) is 8.32. The van der Waals surface area contributed by atoms with Crippen LogP contribution in [-0.4, -0.2) is 58.8 Å². The highest BCUT2D eigenvalue weighted by atomic mass is 35.5. The number of rotatable bonds is 9. The Morgan fingerprint density at radius 3 is 2.45 bits per heavy atom. The number of nitrogens with zero attached hydrogens (tertiary/aromatic N) is 3. The first-order valence-electron chi connectivity index (χ1n) is 13.8. The third kappa shape index (κ3) is 5.64. The third-order valence-electron chi connectivity index (χ3n) is 8.05. The highest BCUT2D eigenvalue weighted by Crippen LogP contribution is 2.44. The minimum absolute atomic E-state index is 0.156. The Labute approximate surface area is 230 Å². The highest BCUT2D eigenvalue weighted by molar-refractivity contribution is 6.31. The van der Waals surface area contributed by atoms with Crippen LogP contribution in [0.15, 0.2) is 42.5 Å². The van der Waals surface area contributed by atoms with Crippen molar-refractivity contribution in [2.45, 2.75) is 83.0 Å². The molecule has 0 atom stereocenters. The second-order valence-electron chi connectivity index (χ2n) is 11.9. The number of fused-ring (bicyclic) bond motifs is 1. The number of aryl methyl sites for hydroxylation is 1. The molecular formula is C30H39ClN4O3. The Morgan fingerprint density at radius 1 is 1.11 bits per heavy atom. The van der Waals surface area contributed by atoms with Crippen molar-refractivity contribution in [3.8, 4) is 0 Å². The number of benzene rings is 2. The van der Waals surface area contributed by atoms with Crippen molar-refractivity contribution in [1.82, 2.24) is 10.2 Å². The molecule has 3 aliphatic rings. The van der Waals surface area contributed by atoms with Gasteiger partial charge in [0, 0.05) is 42.8 Å². The Hall–Kier alpha value is -2.77. The van der Waals surface area contributed by atoms with Gasteiger partial charge in [-0.1, -0.05) is 35.9 Å². The van der Waals surface area contributed by atoms with E-state index in [-0.39, 0.29) is 5.91 Å². The monoisotopic (exact) mass is 538 g/mol. The predicted molar refractivity (Wildman–Crippen MR) is 152 cm³/mol. The van der Waals surface area contributed by atoms with E-state index in [1.54, 1.807) is 0 Å². The molecule has 1 aliphatic heterocycles. The molecule has 0 radical (unpaired) electrons. The zero-order chi connectivity index (χ0) is 27.1. The van der Waals surface area contributed by atoms with E-state index in [9.17, 15) is 14.7 Å². The van der Waals surface area contributed by atoms with Crippen molar-refractivity contribution in [3.63, 3.8) is 0 Å². The zero-order valence-corrected chi connectivity index (χ0v) is 23.4. The molecule has 2 fully saturated rings. The smallest absolute Gasteiger partial charge is 0.407 e. The summed E-state index contributed by atoms with van der Waals surface area (Å²) in [6.07, 6.45) is 4.72. The first kappa shape index (κ1) is 26.8. The molecule has 2 aliphatic carbocycles. The van der Waals surface area contributed by atoms with Gasteiger partial charge in [0.25, 0.3) is 0 Å². The predicted octanol–water partition coefficient (Wildman–Crippen LogP) is 5.69. The van der Waals surface area contributed by atoms with Crippen LogP contribution < -0.4 is 15.1 Å². The van der Waals surface area contributed by atoms with Crippen molar-refractivity contribution in [1.29, 1.82) is 0 Å². The van der Waals surface area contributed by atoms with Gasteiger partial charge in [-0.2, -0.15) is 0 Å². The molecule has 2 N–H and O–H groups in total. The van der Waals surface area contributed by atoms with Crippen LogP contribution in [0.4, 0.5) is 16.2 Å². The van der Waals surface area contributed by atoms with Crippen LogP contribution in [0.2, 0.25) is 5.02 Å². The minimum Gasteiger partial charge on any atom is -0.465 e. The standard InChI is InChI=1S/C30H39ClN4O3/c1-29(2,3)35(28(37)38)16-6-7-21-10-13-24(31)22(19-21)20-32-30(14-15-30)27(36)34-18-17-33(23-11-12-23)25-8-4-5-9-26(25)34/h4-5,8-10,13,19,23,32H,6-7,11-12,14-18,20H2,1-3H3,(H,37,38). The topological polar surface area (TPSA) is 76.1 Å². The van der Waals surface area contributed by atoms with Crippen LogP contribution in [0, 0.1) is 0 Å². The van der Waals surface area contributed by atoms with Gasteiger partial charge in [0.1, 0.15) is 0 Å². The van der Waals surface area contributed by atoms with Crippen molar-refractivity contribution in [2.75, 3.05) is 29.4 Å². The van der Waals surface area contributed by atoms with Gasteiger partial charge in [0.05, 0.1) is 16.9 Å². The fourth-order valence-corrected chi connectivity index (χ4v) is 5.74. The lowest BCUT2D eigenvalue weighted by Gasteiger charge is -2.39. The number of hydrogen-bond donors (Lipinski definition) is 2. The average Bonchev–Trinajstić information content (AvgIpc) is 3.80. The van der Waals surface area contributed by atoms with E-state index >= 15 is 0 Å². The SMILES string of the molecule is CC(C)(C)N(CCCc1ccc(Cl)c(CNC2(C(=O)N3CCN(C4CC4)c4ccccc43)CC2)c1)C(=O)O. The van der Waals surface area contributed by atoms with E-state index in [0.29, 0.717) is 30.7 Å². The van der Waals surface area contributed by atoms with Crippen LogP contribution in [0.1, 0.15) is 64.0 Å². The molecule has 7 nitrogen and oxygen atoms in total. The molecule has 38 heavy (non-hydrogen) atoms. The van der Waals surface area contributed by atoms with E-state index < -0.39 is 17.2 Å². The fourth-order valence-electron chi connectivity index (χ4n) is 5.55. The summed E-state index contributed by atoms with van der Waals surface area (Å²) in [5, 5.41) is 13.8. The van der Waals surface area contributed by atoms with Gasteiger partial charge >= 0.3 is 6.09 Å². The van der Waals surface area contributed by atoms with E-state index in [1.165, 1.54) is 23.4 Å². The lowest BCUT2D eigenvalue weighted by atomic mass is 10.0. The van der Waals surface area contributed by atoms with E-state index in [4.69, 9.17) is 11.6 Å². The molecule has 8 heteroatoms. The number of amides is 2. The van der Waals surface area contributed by atoms with E-state index in [1.807, 2.05) is 43.9 Å². The fraction of sp³-hybridized carbons (Fsp3) is 0.533. The lowest BCUT2D eigenvalue weighted by Crippen LogP contribution is -2.53. The Kier molecular flexibility index (Phi) is 7.35. The van der Waals surface area contributed by atoms with Gasteiger partial charge < -0.3 is 19.8 Å². The molecule has 204 valence electrons. The Balaban J connectivity index is 1.22. The maximum absolute atomic E-state index is 13.8. The number of hydrogen-bond acceptors (Lipinski definition) is 4. The quantitative estimate of drug-likeness (QED) is 0.429. The van der Waals surface area contributed by atoms with Crippen LogP contribution in [0.5, 0.6) is 0 Å². The molecule has 2 aromatic carbocycles. The van der Waals surface area contributed by atoms with E-state index in [0.717, 1.165) is 49.0 Å². The van der Waals surface area contributed by atoms with Gasteiger partial charge in [-0.05, 0) is 88.6 Å². The second kappa shape index (κ2) is 10.4. The zero-order valence-electron chi connectivity index (χ0n) is 22.7. The molecule has 2 amide bonds. The minimum atomic E-state index is -0.894. The van der Waals surface area contributed by atoms with Crippen LogP contribution in [-0.2, 0) is 17.8 Å². The summed E-state index contributed by atoms with van der Waals surface area (Å²) in [6, 6.07) is 14.9. The summed E-state index contributed by atoms with van der Waals surface area (Å²) in [5.74, 6) is 0.156. The number of carbonyl (C=O) groups excluding carboxylic acids is 1. The largest absolute Gasteiger partial charge is 0.465 e. The number of para-hydroxylation sites is 2. The van der Waals surface area contributed by atoms with Crippen molar-refractivity contribution in [2.24, 2.45) is 0 Å². The van der Waals surface area contributed by atoms with Gasteiger partial charge in [-0.3, -0.25) is 10.1 Å². The van der Waals surface area contributed by atoms with Gasteiger partial charge in [0.15, 0.2) is 0 Å².